The van der Waals surface area contributed by atoms with Crippen LogP contribution in [0.25, 0.3) is 0 Å². The number of hydrogen-bond acceptors (Lipinski definition) is 4. The van der Waals surface area contributed by atoms with Gasteiger partial charge in [-0.3, -0.25) is 9.69 Å². The highest BCUT2D eigenvalue weighted by Crippen LogP contribution is 2.24. The first-order valence-electron chi connectivity index (χ1n) is 9.37. The van der Waals surface area contributed by atoms with Gasteiger partial charge in [0.2, 0.25) is 0 Å². The molecule has 2 aromatic carbocycles. The van der Waals surface area contributed by atoms with Crippen LogP contribution < -0.4 is 0 Å². The molecule has 0 spiro atoms. The summed E-state index contributed by atoms with van der Waals surface area (Å²) in [5.41, 5.74) is 2.22. The van der Waals surface area contributed by atoms with Crippen molar-refractivity contribution < 1.29 is 14.3 Å². The lowest BCUT2D eigenvalue weighted by molar-refractivity contribution is 0.0268. The number of rotatable bonds is 4. The summed E-state index contributed by atoms with van der Waals surface area (Å²) in [6.07, 6.45) is 0. The van der Waals surface area contributed by atoms with Gasteiger partial charge < -0.3 is 9.64 Å². The van der Waals surface area contributed by atoms with E-state index >= 15 is 0 Å². The summed E-state index contributed by atoms with van der Waals surface area (Å²) in [6, 6.07) is 14.8. The first-order valence-corrected chi connectivity index (χ1v) is 9.75. The van der Waals surface area contributed by atoms with Gasteiger partial charge in [-0.05, 0) is 43.7 Å². The lowest BCUT2D eigenvalue weighted by atomic mass is 10.0. The van der Waals surface area contributed by atoms with Gasteiger partial charge in [0.05, 0.1) is 23.3 Å². The van der Waals surface area contributed by atoms with Crippen molar-refractivity contribution in [3.05, 3.63) is 70.2 Å². The van der Waals surface area contributed by atoms with Gasteiger partial charge in [-0.1, -0.05) is 35.9 Å². The summed E-state index contributed by atoms with van der Waals surface area (Å²) in [7, 11) is 1.38. The number of halogens is 1. The number of benzene rings is 2. The summed E-state index contributed by atoms with van der Waals surface area (Å²) in [6.45, 7) is 6.46. The molecule has 5 nitrogen and oxygen atoms in total. The molecule has 0 unspecified atom stereocenters. The molecule has 3 rings (SSSR count). The Hall–Kier alpha value is -2.37. The summed E-state index contributed by atoms with van der Waals surface area (Å²) in [5.74, 6) is -0.354. The Labute approximate surface area is 170 Å². The van der Waals surface area contributed by atoms with Crippen molar-refractivity contribution in [2.24, 2.45) is 0 Å². The van der Waals surface area contributed by atoms with E-state index in [0.717, 1.165) is 25.2 Å². The van der Waals surface area contributed by atoms with Crippen LogP contribution in [0.15, 0.2) is 48.5 Å². The number of esters is 1. The van der Waals surface area contributed by atoms with E-state index in [1.54, 1.807) is 24.3 Å². The fraction of sp³-hybridized carbons (Fsp3) is 0.364. The monoisotopic (exact) mass is 400 g/mol. The zero-order valence-corrected chi connectivity index (χ0v) is 17.1. The maximum absolute atomic E-state index is 13.0. The Morgan fingerprint density at radius 1 is 1.04 bits per heavy atom. The van der Waals surface area contributed by atoms with Gasteiger partial charge in [0.15, 0.2) is 0 Å². The largest absolute Gasteiger partial charge is 0.465 e. The molecule has 1 aliphatic rings. The van der Waals surface area contributed by atoms with E-state index in [-0.39, 0.29) is 24.0 Å². The summed E-state index contributed by atoms with van der Waals surface area (Å²) in [5, 5.41) is 0.486. The number of ether oxygens (including phenoxy) is 1. The van der Waals surface area contributed by atoms with Crippen LogP contribution in [-0.2, 0) is 11.3 Å². The predicted octanol–water partition coefficient (Wildman–Crippen LogP) is 3.86. The molecule has 1 aliphatic heterocycles. The normalized spacial score (nSPS) is 20.1. The Kier molecular flexibility index (Phi) is 6.37. The van der Waals surface area contributed by atoms with Gasteiger partial charge >= 0.3 is 5.97 Å². The smallest absolute Gasteiger partial charge is 0.337 e. The minimum Gasteiger partial charge on any atom is -0.465 e. The second-order valence-corrected chi connectivity index (χ2v) is 7.68. The fourth-order valence-electron chi connectivity index (χ4n) is 3.86. The van der Waals surface area contributed by atoms with Gasteiger partial charge in [-0.2, -0.15) is 0 Å². The van der Waals surface area contributed by atoms with Crippen LogP contribution in [-0.4, -0.2) is 54.0 Å². The molecule has 0 saturated carbocycles. The average Bonchev–Trinajstić information content (AvgIpc) is 2.67. The Bertz CT molecular complexity index is 841. The van der Waals surface area contributed by atoms with Crippen LogP contribution in [0.4, 0.5) is 0 Å². The Balaban J connectivity index is 1.67. The van der Waals surface area contributed by atoms with Crippen molar-refractivity contribution in [1.82, 2.24) is 9.80 Å². The van der Waals surface area contributed by atoms with Crippen LogP contribution in [0.2, 0.25) is 5.02 Å². The van der Waals surface area contributed by atoms with E-state index in [1.165, 1.54) is 7.11 Å². The number of methoxy groups -OCH3 is 1. The van der Waals surface area contributed by atoms with E-state index in [9.17, 15) is 9.59 Å². The van der Waals surface area contributed by atoms with Crippen molar-refractivity contribution in [1.29, 1.82) is 0 Å². The molecule has 1 saturated heterocycles. The quantitative estimate of drug-likeness (QED) is 0.731. The fourth-order valence-corrected chi connectivity index (χ4v) is 4.07. The molecule has 6 heteroatoms. The minimum atomic E-state index is -0.333. The number of piperazine rings is 1. The summed E-state index contributed by atoms with van der Waals surface area (Å²) < 4.78 is 4.74. The SMILES string of the molecule is COC(=O)c1ccc(CN2C[C@@H](C)N(C(=O)c3ccccc3Cl)[C@@H](C)C2)cc1. The van der Waals surface area contributed by atoms with Crippen molar-refractivity contribution in [2.75, 3.05) is 20.2 Å². The van der Waals surface area contributed by atoms with Crippen LogP contribution >= 0.6 is 11.6 Å². The number of carbonyl (C=O) groups excluding carboxylic acids is 2. The van der Waals surface area contributed by atoms with Crippen LogP contribution in [0.3, 0.4) is 0 Å². The van der Waals surface area contributed by atoms with Crippen molar-refractivity contribution in [3.63, 3.8) is 0 Å². The zero-order valence-electron chi connectivity index (χ0n) is 16.4. The molecule has 0 bridgehead atoms. The first kappa shape index (κ1) is 20.4. The maximum Gasteiger partial charge on any atom is 0.337 e. The lowest BCUT2D eigenvalue weighted by Gasteiger charge is -2.44. The molecule has 148 valence electrons. The number of carbonyl (C=O) groups is 2. The van der Waals surface area contributed by atoms with Crippen molar-refractivity contribution in [3.8, 4) is 0 Å². The molecule has 1 fully saturated rings. The second-order valence-electron chi connectivity index (χ2n) is 7.27. The number of hydrogen-bond donors (Lipinski definition) is 0. The molecule has 2 aromatic rings. The van der Waals surface area contributed by atoms with Crippen LogP contribution in [0.5, 0.6) is 0 Å². The molecule has 1 heterocycles. The molecule has 0 aliphatic carbocycles. The van der Waals surface area contributed by atoms with Gasteiger partial charge in [0, 0.05) is 31.7 Å². The summed E-state index contributed by atoms with van der Waals surface area (Å²) in [4.78, 5) is 28.8. The van der Waals surface area contributed by atoms with E-state index < -0.39 is 0 Å². The highest BCUT2D eigenvalue weighted by molar-refractivity contribution is 6.33. The third-order valence-corrected chi connectivity index (χ3v) is 5.44. The van der Waals surface area contributed by atoms with E-state index in [1.807, 2.05) is 29.2 Å². The first-order chi connectivity index (χ1) is 13.4. The molecule has 28 heavy (non-hydrogen) atoms. The van der Waals surface area contributed by atoms with Crippen molar-refractivity contribution in [2.45, 2.75) is 32.5 Å². The van der Waals surface area contributed by atoms with Gasteiger partial charge in [-0.15, -0.1) is 0 Å². The third kappa shape index (κ3) is 4.37. The van der Waals surface area contributed by atoms with Gasteiger partial charge in [0.1, 0.15) is 0 Å². The number of nitrogens with zero attached hydrogens (tertiary/aromatic N) is 2. The number of amides is 1. The molecule has 0 N–H and O–H groups in total. The Morgan fingerprint density at radius 2 is 1.64 bits per heavy atom. The zero-order chi connectivity index (χ0) is 20.3. The Morgan fingerprint density at radius 3 is 2.21 bits per heavy atom. The minimum absolute atomic E-state index is 0.0207. The van der Waals surface area contributed by atoms with Gasteiger partial charge in [0.25, 0.3) is 5.91 Å². The molecule has 0 aromatic heterocycles. The highest BCUT2D eigenvalue weighted by atomic mass is 35.5. The van der Waals surface area contributed by atoms with Gasteiger partial charge in [-0.25, -0.2) is 4.79 Å². The summed E-state index contributed by atoms with van der Waals surface area (Å²) >= 11 is 6.22. The highest BCUT2D eigenvalue weighted by Gasteiger charge is 2.33. The van der Waals surface area contributed by atoms with E-state index in [4.69, 9.17) is 16.3 Å². The third-order valence-electron chi connectivity index (χ3n) is 5.11. The molecular weight excluding hydrogens is 376 g/mol. The average molecular weight is 401 g/mol. The van der Waals surface area contributed by atoms with Crippen LogP contribution in [0.1, 0.15) is 40.1 Å². The van der Waals surface area contributed by atoms with E-state index in [0.29, 0.717) is 16.1 Å². The van der Waals surface area contributed by atoms with Crippen LogP contribution in [0, 0.1) is 0 Å². The topological polar surface area (TPSA) is 49.9 Å². The molecular formula is C22H25ClN2O3. The standard InChI is InChI=1S/C22H25ClN2O3/c1-15-12-24(14-17-8-10-18(11-9-17)22(27)28-3)13-16(2)25(15)21(26)19-6-4-5-7-20(19)23/h4-11,15-16H,12-14H2,1-3H3/t15-,16+. The second kappa shape index (κ2) is 8.76. The predicted molar refractivity (Wildman–Crippen MR) is 110 cm³/mol. The lowest BCUT2D eigenvalue weighted by Crippen LogP contribution is -2.58. The molecule has 2 atom stereocenters. The van der Waals surface area contributed by atoms with Crippen molar-refractivity contribution >= 4 is 23.5 Å². The maximum atomic E-state index is 13.0. The molecule has 1 amide bonds. The molecule has 0 radical (unpaired) electrons. The van der Waals surface area contributed by atoms with E-state index in [2.05, 4.69) is 18.7 Å².